The lowest BCUT2D eigenvalue weighted by molar-refractivity contribution is -0.120. The molecule has 1 aliphatic rings. The number of para-hydroxylation sites is 2. The molecule has 0 unspecified atom stereocenters. The van der Waals surface area contributed by atoms with Gasteiger partial charge in [-0.25, -0.2) is 4.99 Å². The van der Waals surface area contributed by atoms with Crippen LogP contribution >= 0.6 is 11.6 Å². The highest BCUT2D eigenvalue weighted by molar-refractivity contribution is 6.20. The average Bonchev–Trinajstić information content (AvgIpc) is 3.32. The second-order valence-corrected chi connectivity index (χ2v) is 8.68. The van der Waals surface area contributed by atoms with E-state index in [1.807, 2.05) is 78.9 Å². The number of benzodiazepines with no additional fused rings is 1. The molecular weight excluding hydrogens is 476 g/mol. The Balaban J connectivity index is 1.53. The van der Waals surface area contributed by atoms with E-state index in [2.05, 4.69) is 10.3 Å². The van der Waals surface area contributed by atoms with Crippen molar-refractivity contribution in [3.05, 3.63) is 102 Å². The normalized spacial score (nSPS) is 15.4. The summed E-state index contributed by atoms with van der Waals surface area (Å²) in [6, 6.07) is 26.6. The summed E-state index contributed by atoms with van der Waals surface area (Å²) in [7, 11) is 0. The molecule has 0 saturated carbocycles. The van der Waals surface area contributed by atoms with Crippen LogP contribution in [0.3, 0.4) is 0 Å². The Hall–Kier alpha value is -3.94. The number of amides is 2. The molecule has 0 aliphatic carbocycles. The molecule has 1 aliphatic heterocycles. The topological polar surface area (TPSA) is 86.8 Å². The molecule has 2 N–H and O–H groups in total. The predicted molar refractivity (Wildman–Crippen MR) is 142 cm³/mol. The molecule has 0 radical (unpaired) electrons. The summed E-state index contributed by atoms with van der Waals surface area (Å²) in [4.78, 5) is 36.6. The van der Waals surface area contributed by atoms with Gasteiger partial charge in [0.2, 0.25) is 6.17 Å². The third-order valence-electron chi connectivity index (χ3n) is 5.98. The Kier molecular flexibility index (Phi) is 7.11. The van der Waals surface area contributed by atoms with Crippen LogP contribution in [-0.4, -0.2) is 54.3 Å². The molecule has 3 aromatic carbocycles. The number of fused-ring (bicyclic) bond motifs is 2. The third-order valence-corrected chi connectivity index (χ3v) is 6.13. The number of rotatable bonds is 8. The molecule has 182 valence electrons. The predicted octanol–water partition coefficient (Wildman–Crippen LogP) is 4.36. The maximum absolute atomic E-state index is 13.8. The molecule has 2 amide bonds. The molecule has 0 spiro atoms. The number of ether oxygens (including phenoxy) is 1. The molecular formula is C28H25ClN4O3. The lowest BCUT2D eigenvalue weighted by Crippen LogP contribution is -2.48. The van der Waals surface area contributed by atoms with Crippen LogP contribution in [0.15, 0.2) is 89.9 Å². The van der Waals surface area contributed by atoms with Gasteiger partial charge in [-0.3, -0.25) is 9.59 Å². The minimum atomic E-state index is -1.13. The van der Waals surface area contributed by atoms with Gasteiger partial charge < -0.3 is 19.9 Å². The number of nitrogens with zero attached hydrogens (tertiary/aromatic N) is 2. The van der Waals surface area contributed by atoms with Crippen molar-refractivity contribution in [1.29, 1.82) is 0 Å². The van der Waals surface area contributed by atoms with E-state index in [1.165, 1.54) is 0 Å². The van der Waals surface area contributed by atoms with Gasteiger partial charge in [0.05, 0.1) is 24.6 Å². The van der Waals surface area contributed by atoms with Crippen molar-refractivity contribution in [2.75, 3.05) is 30.5 Å². The summed E-state index contributed by atoms with van der Waals surface area (Å²) in [6.07, 6.45) is -1.13. The first-order chi connectivity index (χ1) is 17.7. The first-order valence-electron chi connectivity index (χ1n) is 11.7. The van der Waals surface area contributed by atoms with E-state index >= 15 is 0 Å². The molecule has 36 heavy (non-hydrogen) atoms. The van der Waals surface area contributed by atoms with Crippen LogP contribution in [0.4, 0.5) is 5.69 Å². The van der Waals surface area contributed by atoms with Crippen LogP contribution < -0.4 is 10.2 Å². The Labute approximate surface area is 213 Å². The standard InChI is InChI=1S/C28H25ClN4O3/c29-14-16-36-17-15-33-24-13-7-5-11-21(24)25(19-8-2-1-3-9-19)31-26(28(33)35)32-27(34)23-18-20-10-4-6-12-22(20)30-23/h1-13,18,26,30H,14-17H2,(H,32,34)/t26-/m1/s1. The number of carbonyl (C=O) groups is 2. The largest absolute Gasteiger partial charge is 0.378 e. The highest BCUT2D eigenvalue weighted by Gasteiger charge is 2.33. The fourth-order valence-electron chi connectivity index (χ4n) is 4.29. The molecule has 0 bridgehead atoms. The Morgan fingerprint density at radius 2 is 1.75 bits per heavy atom. The zero-order valence-electron chi connectivity index (χ0n) is 19.5. The second kappa shape index (κ2) is 10.8. The van der Waals surface area contributed by atoms with Crippen LogP contribution in [0.2, 0.25) is 0 Å². The molecule has 1 aromatic heterocycles. The number of alkyl halides is 1. The maximum Gasteiger partial charge on any atom is 0.272 e. The summed E-state index contributed by atoms with van der Waals surface area (Å²) in [5, 5.41) is 3.75. The van der Waals surface area contributed by atoms with Gasteiger partial charge in [0.25, 0.3) is 11.8 Å². The minimum Gasteiger partial charge on any atom is -0.378 e. The zero-order chi connectivity index (χ0) is 24.9. The highest BCUT2D eigenvalue weighted by Crippen LogP contribution is 2.28. The van der Waals surface area contributed by atoms with E-state index in [0.717, 1.165) is 22.0 Å². The molecule has 8 heteroatoms. The van der Waals surface area contributed by atoms with Gasteiger partial charge >= 0.3 is 0 Å². The fourth-order valence-corrected chi connectivity index (χ4v) is 4.40. The molecule has 4 aromatic rings. The molecule has 2 heterocycles. The van der Waals surface area contributed by atoms with E-state index in [0.29, 0.717) is 42.7 Å². The number of aromatic nitrogens is 1. The molecule has 0 saturated heterocycles. The summed E-state index contributed by atoms with van der Waals surface area (Å²) >= 11 is 5.74. The highest BCUT2D eigenvalue weighted by atomic mass is 35.5. The molecule has 7 nitrogen and oxygen atoms in total. The lowest BCUT2D eigenvalue weighted by Gasteiger charge is -2.25. The number of nitrogens with one attached hydrogen (secondary N) is 2. The van der Waals surface area contributed by atoms with Crippen LogP contribution in [0.1, 0.15) is 21.6 Å². The zero-order valence-corrected chi connectivity index (χ0v) is 20.2. The van der Waals surface area contributed by atoms with Crippen LogP contribution in [-0.2, 0) is 9.53 Å². The molecule has 5 rings (SSSR count). The Morgan fingerprint density at radius 3 is 2.56 bits per heavy atom. The second-order valence-electron chi connectivity index (χ2n) is 8.30. The first-order valence-corrected chi connectivity index (χ1v) is 12.3. The Morgan fingerprint density at radius 1 is 1.00 bits per heavy atom. The summed E-state index contributed by atoms with van der Waals surface area (Å²) in [5.74, 6) is -0.382. The van der Waals surface area contributed by atoms with E-state index in [4.69, 9.17) is 21.3 Å². The van der Waals surface area contributed by atoms with Crippen molar-refractivity contribution in [3.8, 4) is 0 Å². The monoisotopic (exact) mass is 500 g/mol. The fraction of sp³-hybridized carbons (Fsp3) is 0.179. The van der Waals surface area contributed by atoms with Crippen molar-refractivity contribution in [2.24, 2.45) is 4.99 Å². The number of hydrogen-bond donors (Lipinski definition) is 2. The number of aromatic amines is 1. The van der Waals surface area contributed by atoms with E-state index in [9.17, 15) is 9.59 Å². The lowest BCUT2D eigenvalue weighted by atomic mass is 10.0. The number of halogens is 1. The quantitative estimate of drug-likeness (QED) is 0.278. The smallest absolute Gasteiger partial charge is 0.272 e. The Bertz CT molecular complexity index is 1380. The minimum absolute atomic E-state index is 0.295. The summed E-state index contributed by atoms with van der Waals surface area (Å²) in [5.41, 5.74) is 4.19. The number of H-pyrrole nitrogens is 1. The first kappa shape index (κ1) is 23.8. The number of benzene rings is 3. The van der Waals surface area contributed by atoms with Gasteiger partial charge in [-0.2, -0.15) is 0 Å². The van der Waals surface area contributed by atoms with Gasteiger partial charge in [0, 0.05) is 34.5 Å². The number of aliphatic imine (C=N–C) groups is 1. The van der Waals surface area contributed by atoms with Crippen molar-refractivity contribution in [2.45, 2.75) is 6.17 Å². The van der Waals surface area contributed by atoms with Crippen molar-refractivity contribution in [3.63, 3.8) is 0 Å². The van der Waals surface area contributed by atoms with Gasteiger partial charge in [-0.1, -0.05) is 66.7 Å². The van der Waals surface area contributed by atoms with Gasteiger partial charge in [-0.15, -0.1) is 11.6 Å². The maximum atomic E-state index is 13.8. The third kappa shape index (κ3) is 4.89. The van der Waals surface area contributed by atoms with Crippen LogP contribution in [0.5, 0.6) is 0 Å². The van der Waals surface area contributed by atoms with Crippen molar-refractivity contribution < 1.29 is 14.3 Å². The number of carbonyl (C=O) groups excluding carboxylic acids is 2. The van der Waals surface area contributed by atoms with Gasteiger partial charge in [0.15, 0.2) is 0 Å². The summed E-state index contributed by atoms with van der Waals surface area (Å²) in [6.45, 7) is 0.983. The number of anilines is 1. The van der Waals surface area contributed by atoms with Gasteiger partial charge in [0.1, 0.15) is 5.69 Å². The van der Waals surface area contributed by atoms with Crippen molar-refractivity contribution in [1.82, 2.24) is 10.3 Å². The number of hydrogen-bond acceptors (Lipinski definition) is 4. The van der Waals surface area contributed by atoms with E-state index in [1.54, 1.807) is 11.0 Å². The van der Waals surface area contributed by atoms with E-state index in [-0.39, 0.29) is 5.91 Å². The van der Waals surface area contributed by atoms with Crippen molar-refractivity contribution >= 4 is 45.7 Å². The van der Waals surface area contributed by atoms with E-state index < -0.39 is 12.1 Å². The van der Waals surface area contributed by atoms with Gasteiger partial charge in [-0.05, 0) is 18.2 Å². The van der Waals surface area contributed by atoms with Crippen LogP contribution in [0.25, 0.3) is 10.9 Å². The molecule has 0 fully saturated rings. The van der Waals surface area contributed by atoms with Crippen LogP contribution in [0, 0.1) is 0 Å². The SMILES string of the molecule is O=C(N[C@H]1N=C(c2ccccc2)c2ccccc2N(CCOCCCl)C1=O)c1cc2ccccc2[nH]1. The average molecular weight is 501 g/mol. The summed E-state index contributed by atoms with van der Waals surface area (Å²) < 4.78 is 5.56. The molecule has 1 atom stereocenters.